The van der Waals surface area contributed by atoms with Crippen LogP contribution in [0.2, 0.25) is 0 Å². The van der Waals surface area contributed by atoms with E-state index in [0.717, 1.165) is 23.5 Å². The highest BCUT2D eigenvalue weighted by Crippen LogP contribution is 2.59. The van der Waals surface area contributed by atoms with E-state index in [4.69, 9.17) is 0 Å². The summed E-state index contributed by atoms with van der Waals surface area (Å²) in [7, 11) is 0. The smallest absolute Gasteiger partial charge is 0.167 e. The highest BCUT2D eigenvalue weighted by molar-refractivity contribution is 5.11. The molecule has 1 heterocycles. The van der Waals surface area contributed by atoms with Gasteiger partial charge in [0.15, 0.2) is 5.82 Å². The molecule has 0 aromatic carbocycles. The molecule has 4 heteroatoms. The Morgan fingerprint density at radius 1 is 1.39 bits per heavy atom. The molecule has 0 spiro atoms. The summed E-state index contributed by atoms with van der Waals surface area (Å²) in [5, 5.41) is 10.9. The number of nitrogens with one attached hydrogen (secondary N) is 2. The first-order valence-electron chi connectivity index (χ1n) is 7.15. The van der Waals surface area contributed by atoms with Gasteiger partial charge >= 0.3 is 0 Å². The minimum absolute atomic E-state index is 0.237. The molecule has 18 heavy (non-hydrogen) atoms. The summed E-state index contributed by atoms with van der Waals surface area (Å²) in [5.74, 6) is 3.59. The number of aromatic amines is 1. The van der Waals surface area contributed by atoms with Gasteiger partial charge in [0.2, 0.25) is 0 Å². The average Bonchev–Trinajstić information content (AvgIpc) is 2.92. The maximum Gasteiger partial charge on any atom is 0.167 e. The molecule has 4 atom stereocenters. The van der Waals surface area contributed by atoms with Gasteiger partial charge in [-0.25, -0.2) is 4.98 Å². The molecule has 2 unspecified atom stereocenters. The van der Waals surface area contributed by atoms with Gasteiger partial charge < -0.3 is 5.32 Å². The van der Waals surface area contributed by atoms with E-state index in [2.05, 4.69) is 41.3 Å². The molecular formula is C14H24N4. The van der Waals surface area contributed by atoms with Crippen LogP contribution in [0.4, 0.5) is 0 Å². The van der Waals surface area contributed by atoms with Gasteiger partial charge in [0.1, 0.15) is 5.82 Å². The number of hydrogen-bond donors (Lipinski definition) is 2. The lowest BCUT2D eigenvalue weighted by molar-refractivity contribution is -0.0460. The summed E-state index contributed by atoms with van der Waals surface area (Å²) >= 11 is 0. The predicted molar refractivity (Wildman–Crippen MR) is 71.1 cm³/mol. The lowest BCUT2D eigenvalue weighted by Crippen LogP contribution is -2.62. The third kappa shape index (κ3) is 1.69. The van der Waals surface area contributed by atoms with Crippen molar-refractivity contribution < 1.29 is 0 Å². The molecule has 2 N–H and O–H groups in total. The van der Waals surface area contributed by atoms with Gasteiger partial charge in [0.05, 0.1) is 6.04 Å². The second-order valence-corrected chi connectivity index (χ2v) is 6.67. The largest absolute Gasteiger partial charge is 0.304 e. The van der Waals surface area contributed by atoms with E-state index in [1.807, 2.05) is 6.92 Å². The number of hydrogen-bond acceptors (Lipinski definition) is 3. The number of fused-ring (bicyclic) bond motifs is 1. The van der Waals surface area contributed by atoms with Crippen molar-refractivity contribution in [2.24, 2.45) is 17.3 Å². The summed E-state index contributed by atoms with van der Waals surface area (Å²) < 4.78 is 0. The standard InChI is InChI=1S/C14H24N4/c1-8(13-16-9(2)17-18-13)15-12-10-6-5-7-11(10)14(12,3)4/h8,10-12,15H,5-7H2,1-4H3,(H,16,17,18)/t8?,10-,11+,12?/m1/s1. The van der Waals surface area contributed by atoms with Crippen LogP contribution < -0.4 is 5.32 Å². The molecule has 1 aromatic heterocycles. The van der Waals surface area contributed by atoms with Crippen molar-refractivity contribution in [3.63, 3.8) is 0 Å². The van der Waals surface area contributed by atoms with Gasteiger partial charge in [-0.05, 0) is 43.9 Å². The van der Waals surface area contributed by atoms with Gasteiger partial charge in [-0.2, -0.15) is 5.10 Å². The maximum atomic E-state index is 4.43. The Bertz CT molecular complexity index is 437. The predicted octanol–water partition coefficient (Wildman–Crippen LogP) is 2.59. The number of aromatic nitrogens is 3. The molecule has 0 radical (unpaired) electrons. The van der Waals surface area contributed by atoms with E-state index in [-0.39, 0.29) is 6.04 Å². The van der Waals surface area contributed by atoms with Gasteiger partial charge in [-0.15, -0.1) is 0 Å². The molecule has 0 aliphatic heterocycles. The minimum Gasteiger partial charge on any atom is -0.304 e. The quantitative estimate of drug-likeness (QED) is 0.864. The first kappa shape index (κ1) is 12.2. The average molecular weight is 248 g/mol. The van der Waals surface area contributed by atoms with Crippen LogP contribution in [0.3, 0.4) is 0 Å². The highest BCUT2D eigenvalue weighted by Gasteiger charge is 2.57. The van der Waals surface area contributed by atoms with Crippen LogP contribution >= 0.6 is 0 Å². The van der Waals surface area contributed by atoms with Crippen molar-refractivity contribution in [2.75, 3.05) is 0 Å². The maximum absolute atomic E-state index is 4.43. The Balaban J connectivity index is 1.69. The van der Waals surface area contributed by atoms with E-state index in [1.165, 1.54) is 19.3 Å². The van der Waals surface area contributed by atoms with Gasteiger partial charge in [0, 0.05) is 6.04 Å². The monoisotopic (exact) mass is 248 g/mol. The zero-order chi connectivity index (χ0) is 12.9. The van der Waals surface area contributed by atoms with Gasteiger partial charge in [0.25, 0.3) is 0 Å². The molecule has 2 fully saturated rings. The van der Waals surface area contributed by atoms with Crippen molar-refractivity contribution in [3.8, 4) is 0 Å². The molecular weight excluding hydrogens is 224 g/mol. The molecule has 0 amide bonds. The summed E-state index contributed by atoms with van der Waals surface area (Å²) in [6.07, 6.45) is 4.22. The first-order valence-corrected chi connectivity index (χ1v) is 7.15. The topological polar surface area (TPSA) is 53.6 Å². The molecule has 1 aromatic rings. The SMILES string of the molecule is Cc1nc(C(C)NC2[C@@H]3CCC[C@@H]3C2(C)C)n[nH]1. The lowest BCUT2D eigenvalue weighted by atomic mass is 9.53. The fraction of sp³-hybridized carbons (Fsp3) is 0.857. The second kappa shape index (κ2) is 4.05. The Hall–Kier alpha value is -0.900. The van der Waals surface area contributed by atoms with E-state index >= 15 is 0 Å². The lowest BCUT2D eigenvalue weighted by Gasteiger charge is -2.57. The van der Waals surface area contributed by atoms with Crippen molar-refractivity contribution in [3.05, 3.63) is 11.6 Å². The van der Waals surface area contributed by atoms with Crippen LogP contribution in [0.25, 0.3) is 0 Å². The number of H-pyrrole nitrogens is 1. The Morgan fingerprint density at radius 3 is 2.83 bits per heavy atom. The van der Waals surface area contributed by atoms with Gasteiger partial charge in [-0.3, -0.25) is 5.10 Å². The first-order chi connectivity index (χ1) is 8.50. The number of nitrogens with zero attached hydrogens (tertiary/aromatic N) is 2. The zero-order valence-electron chi connectivity index (χ0n) is 11.8. The van der Waals surface area contributed by atoms with Crippen LogP contribution in [0.1, 0.15) is 57.7 Å². The Morgan fingerprint density at radius 2 is 2.17 bits per heavy atom. The third-order valence-corrected chi connectivity index (χ3v) is 5.19. The van der Waals surface area contributed by atoms with E-state index < -0.39 is 0 Å². The summed E-state index contributed by atoms with van der Waals surface area (Å²) in [6.45, 7) is 8.94. The van der Waals surface area contributed by atoms with E-state index in [1.54, 1.807) is 0 Å². The Labute approximate surface area is 109 Å². The molecule has 3 rings (SSSR count). The molecule has 2 aliphatic carbocycles. The van der Waals surface area contributed by atoms with Crippen molar-refractivity contribution in [1.29, 1.82) is 0 Å². The molecule has 2 saturated carbocycles. The van der Waals surface area contributed by atoms with Crippen molar-refractivity contribution in [1.82, 2.24) is 20.5 Å². The molecule has 4 nitrogen and oxygen atoms in total. The summed E-state index contributed by atoms with van der Waals surface area (Å²) in [5.41, 5.74) is 0.431. The third-order valence-electron chi connectivity index (χ3n) is 5.19. The second-order valence-electron chi connectivity index (χ2n) is 6.67. The van der Waals surface area contributed by atoms with Crippen molar-refractivity contribution in [2.45, 2.75) is 59.0 Å². The fourth-order valence-electron chi connectivity index (χ4n) is 4.21. The molecule has 2 aliphatic rings. The Kier molecular flexibility index (Phi) is 2.73. The molecule has 0 bridgehead atoms. The van der Waals surface area contributed by atoms with Crippen LogP contribution in [0, 0.1) is 24.2 Å². The zero-order valence-corrected chi connectivity index (χ0v) is 11.8. The highest BCUT2D eigenvalue weighted by atomic mass is 15.2. The molecule has 100 valence electrons. The summed E-state index contributed by atoms with van der Waals surface area (Å²) in [4.78, 5) is 4.43. The van der Waals surface area contributed by atoms with Crippen LogP contribution in [0.5, 0.6) is 0 Å². The van der Waals surface area contributed by atoms with Crippen molar-refractivity contribution >= 4 is 0 Å². The van der Waals surface area contributed by atoms with Crippen LogP contribution in [-0.2, 0) is 0 Å². The van der Waals surface area contributed by atoms with Gasteiger partial charge in [-0.1, -0.05) is 20.3 Å². The number of aryl methyl sites for hydroxylation is 1. The van der Waals surface area contributed by atoms with E-state index in [0.29, 0.717) is 11.5 Å². The number of rotatable bonds is 3. The van der Waals surface area contributed by atoms with E-state index in [9.17, 15) is 0 Å². The fourth-order valence-corrected chi connectivity index (χ4v) is 4.21. The minimum atomic E-state index is 0.237. The van der Waals surface area contributed by atoms with Crippen LogP contribution in [-0.4, -0.2) is 21.2 Å². The van der Waals surface area contributed by atoms with Crippen LogP contribution in [0.15, 0.2) is 0 Å². The molecule has 0 saturated heterocycles. The summed E-state index contributed by atoms with van der Waals surface area (Å²) in [6, 6.07) is 0.861. The normalized spacial score (nSPS) is 35.0.